The molecule has 1 saturated heterocycles. The Kier molecular flexibility index (Phi) is 4.20. The zero-order chi connectivity index (χ0) is 13.9. The highest BCUT2D eigenvalue weighted by molar-refractivity contribution is 7.87. The van der Waals surface area contributed by atoms with Crippen LogP contribution in [0.1, 0.15) is 24.8 Å². The Labute approximate surface area is 112 Å². The average molecular weight is 286 g/mol. The number of nitrogens with one attached hydrogen (secondary N) is 1. The molecule has 0 radical (unpaired) electrons. The number of carbonyl (C=O) groups excluding carboxylic acids is 1. The van der Waals surface area contributed by atoms with E-state index in [1.54, 1.807) is 17.9 Å². The van der Waals surface area contributed by atoms with Gasteiger partial charge in [0.15, 0.2) is 0 Å². The van der Waals surface area contributed by atoms with Crippen molar-refractivity contribution in [2.45, 2.75) is 25.7 Å². The Morgan fingerprint density at radius 1 is 1.42 bits per heavy atom. The van der Waals surface area contributed by atoms with Gasteiger partial charge in [-0.15, -0.1) is 0 Å². The molecule has 0 saturated carbocycles. The highest BCUT2D eigenvalue weighted by Gasteiger charge is 2.26. The Hall–Kier alpha value is -1.41. The van der Waals surface area contributed by atoms with Crippen LogP contribution in [0.2, 0.25) is 0 Å². The summed E-state index contributed by atoms with van der Waals surface area (Å²) in [7, 11) is -1.85. The maximum Gasteiger partial charge on any atom is 0.303 e. The van der Waals surface area contributed by atoms with Gasteiger partial charge in [-0.3, -0.25) is 9.48 Å². The van der Waals surface area contributed by atoms with Crippen LogP contribution in [0, 0.1) is 0 Å². The normalized spacial score (nSPS) is 16.7. The molecule has 0 aliphatic carbocycles. The quantitative estimate of drug-likeness (QED) is 0.813. The van der Waals surface area contributed by atoms with Gasteiger partial charge in [0.25, 0.3) is 0 Å². The van der Waals surface area contributed by atoms with Crippen molar-refractivity contribution in [1.29, 1.82) is 0 Å². The van der Waals surface area contributed by atoms with Crippen molar-refractivity contribution in [3.05, 3.63) is 18.0 Å². The number of rotatable bonds is 5. The summed E-state index contributed by atoms with van der Waals surface area (Å²) in [5.74, 6) is -0.476. The van der Waals surface area contributed by atoms with Crippen molar-refractivity contribution < 1.29 is 13.2 Å². The first-order valence-corrected chi connectivity index (χ1v) is 7.69. The summed E-state index contributed by atoms with van der Waals surface area (Å²) in [5, 5.41) is 3.99. The number of amides is 1. The maximum absolute atomic E-state index is 11.8. The lowest BCUT2D eigenvalue weighted by atomic mass is 10.2. The minimum atomic E-state index is -3.65. The highest BCUT2D eigenvalue weighted by Crippen LogP contribution is 2.11. The summed E-state index contributed by atoms with van der Waals surface area (Å²) in [6.45, 7) is 0.983. The third kappa shape index (κ3) is 3.77. The van der Waals surface area contributed by atoms with Crippen molar-refractivity contribution in [2.24, 2.45) is 7.05 Å². The molecule has 106 valence electrons. The predicted molar refractivity (Wildman–Crippen MR) is 69.4 cm³/mol. The first-order chi connectivity index (χ1) is 8.97. The molecule has 0 unspecified atom stereocenters. The van der Waals surface area contributed by atoms with Gasteiger partial charge in [-0.2, -0.15) is 17.8 Å². The van der Waals surface area contributed by atoms with Crippen LogP contribution in [0.15, 0.2) is 12.4 Å². The van der Waals surface area contributed by atoms with E-state index in [0.29, 0.717) is 19.5 Å². The first kappa shape index (κ1) is 14.0. The lowest BCUT2D eigenvalue weighted by Crippen LogP contribution is -2.42. The van der Waals surface area contributed by atoms with E-state index in [-0.39, 0.29) is 6.42 Å². The Morgan fingerprint density at radius 2 is 2.11 bits per heavy atom. The largest absolute Gasteiger partial charge is 0.303 e. The molecule has 1 aromatic rings. The second-order valence-electron chi connectivity index (χ2n) is 4.66. The molecule has 1 aromatic heterocycles. The minimum absolute atomic E-state index is 0.138. The van der Waals surface area contributed by atoms with Crippen molar-refractivity contribution in [2.75, 3.05) is 13.1 Å². The maximum atomic E-state index is 11.8. The number of nitrogens with zero attached hydrogens (tertiary/aromatic N) is 3. The summed E-state index contributed by atoms with van der Waals surface area (Å²) < 4.78 is 28.7. The zero-order valence-electron chi connectivity index (χ0n) is 10.9. The molecule has 0 spiro atoms. The summed E-state index contributed by atoms with van der Waals surface area (Å²) >= 11 is 0. The van der Waals surface area contributed by atoms with E-state index in [1.165, 1.54) is 4.31 Å². The molecule has 0 atom stereocenters. The molecule has 0 aromatic carbocycles. The molecule has 1 N–H and O–H groups in total. The van der Waals surface area contributed by atoms with E-state index < -0.39 is 16.1 Å². The molecular weight excluding hydrogens is 268 g/mol. The van der Waals surface area contributed by atoms with E-state index in [9.17, 15) is 13.2 Å². The van der Waals surface area contributed by atoms with Gasteiger partial charge in [-0.25, -0.2) is 4.72 Å². The van der Waals surface area contributed by atoms with Crippen LogP contribution >= 0.6 is 0 Å². The number of aromatic nitrogens is 2. The van der Waals surface area contributed by atoms with Crippen LogP contribution in [0.25, 0.3) is 0 Å². The van der Waals surface area contributed by atoms with Crippen LogP contribution < -0.4 is 4.72 Å². The number of carbonyl (C=O) groups is 1. The fraction of sp³-hybridized carbons (Fsp3) is 0.636. The summed E-state index contributed by atoms with van der Waals surface area (Å²) in [6.07, 6.45) is 5.80. The van der Waals surface area contributed by atoms with E-state index in [2.05, 4.69) is 9.82 Å². The molecule has 2 heterocycles. The second kappa shape index (κ2) is 5.70. The average Bonchev–Trinajstić information content (AvgIpc) is 2.96. The van der Waals surface area contributed by atoms with Gasteiger partial charge in [-0.05, 0) is 24.8 Å². The summed E-state index contributed by atoms with van der Waals surface area (Å²) in [4.78, 5) is 11.7. The smallest absolute Gasteiger partial charge is 0.276 e. The molecule has 8 heteroatoms. The Bertz CT molecular complexity index is 546. The van der Waals surface area contributed by atoms with Crippen molar-refractivity contribution in [1.82, 2.24) is 18.8 Å². The van der Waals surface area contributed by atoms with E-state index >= 15 is 0 Å². The molecule has 1 aliphatic heterocycles. The summed E-state index contributed by atoms with van der Waals surface area (Å²) in [6, 6.07) is 0. The van der Waals surface area contributed by atoms with Crippen LogP contribution in [0.3, 0.4) is 0 Å². The van der Waals surface area contributed by atoms with Gasteiger partial charge in [0.2, 0.25) is 5.91 Å². The number of aryl methyl sites for hydroxylation is 2. The molecule has 1 amide bonds. The number of hydrogen-bond acceptors (Lipinski definition) is 4. The van der Waals surface area contributed by atoms with E-state index in [4.69, 9.17) is 0 Å². The monoisotopic (exact) mass is 286 g/mol. The van der Waals surface area contributed by atoms with Crippen LogP contribution in [-0.2, 0) is 28.5 Å². The second-order valence-corrected chi connectivity index (χ2v) is 6.33. The summed E-state index contributed by atoms with van der Waals surface area (Å²) in [5.41, 5.74) is 0.913. The number of hydrogen-bond donors (Lipinski definition) is 1. The van der Waals surface area contributed by atoms with Gasteiger partial charge in [0, 0.05) is 32.8 Å². The Morgan fingerprint density at radius 3 is 2.68 bits per heavy atom. The van der Waals surface area contributed by atoms with Gasteiger partial charge < -0.3 is 0 Å². The fourth-order valence-corrected chi connectivity index (χ4v) is 3.30. The van der Waals surface area contributed by atoms with Gasteiger partial charge in [-0.1, -0.05) is 0 Å². The molecular formula is C11H18N4O3S. The van der Waals surface area contributed by atoms with E-state index in [0.717, 1.165) is 18.4 Å². The molecule has 0 bridgehead atoms. The Balaban J connectivity index is 1.83. The van der Waals surface area contributed by atoms with Crippen molar-refractivity contribution >= 4 is 16.1 Å². The lowest BCUT2D eigenvalue weighted by Gasteiger charge is -2.15. The zero-order valence-corrected chi connectivity index (χ0v) is 11.7. The van der Waals surface area contributed by atoms with Crippen LogP contribution in [-0.4, -0.2) is 41.5 Å². The molecule has 19 heavy (non-hydrogen) atoms. The third-order valence-electron chi connectivity index (χ3n) is 3.05. The first-order valence-electron chi connectivity index (χ1n) is 6.25. The molecule has 2 rings (SSSR count). The SMILES string of the molecule is Cn1cc(CCC(=O)NS(=O)(=O)N2CCCC2)cn1. The van der Waals surface area contributed by atoms with Crippen molar-refractivity contribution in [3.63, 3.8) is 0 Å². The predicted octanol–water partition coefficient (Wildman–Crippen LogP) is -0.190. The fourth-order valence-electron chi connectivity index (χ4n) is 2.05. The standard InChI is InChI=1S/C11H18N4O3S/c1-14-9-10(8-12-14)4-5-11(16)13-19(17,18)15-6-2-3-7-15/h8-9H,2-7H2,1H3,(H,13,16). The van der Waals surface area contributed by atoms with Gasteiger partial charge in [0.1, 0.15) is 0 Å². The topological polar surface area (TPSA) is 84.3 Å². The molecule has 7 nitrogen and oxygen atoms in total. The molecule has 1 aliphatic rings. The van der Waals surface area contributed by atoms with Gasteiger partial charge >= 0.3 is 10.2 Å². The lowest BCUT2D eigenvalue weighted by molar-refractivity contribution is -0.119. The van der Waals surface area contributed by atoms with E-state index in [1.807, 2.05) is 6.20 Å². The molecule has 1 fully saturated rings. The van der Waals surface area contributed by atoms with Crippen molar-refractivity contribution in [3.8, 4) is 0 Å². The van der Waals surface area contributed by atoms with Gasteiger partial charge in [0.05, 0.1) is 6.20 Å². The highest BCUT2D eigenvalue weighted by atomic mass is 32.2. The minimum Gasteiger partial charge on any atom is -0.276 e. The third-order valence-corrected chi connectivity index (χ3v) is 4.58. The van der Waals surface area contributed by atoms with Crippen LogP contribution in [0.5, 0.6) is 0 Å². The van der Waals surface area contributed by atoms with Crippen LogP contribution in [0.4, 0.5) is 0 Å².